The monoisotopic (exact) mass is 1160 g/mol. The molecular weight excluding hydrogens is 1070 g/mol. The zero-order valence-corrected chi connectivity index (χ0v) is 50.8. The lowest BCUT2D eigenvalue weighted by Gasteiger charge is -2.39. The van der Waals surface area contributed by atoms with E-state index in [1.165, 1.54) is 48.1 Å². The molecule has 0 aliphatic carbocycles. The molecule has 1 fully saturated rings. The lowest BCUT2D eigenvalue weighted by molar-refractivity contribution is -0.146. The van der Waals surface area contributed by atoms with Crippen LogP contribution in [0.25, 0.3) is 0 Å². The molecule has 0 aromatic heterocycles. The van der Waals surface area contributed by atoms with Crippen molar-refractivity contribution in [1.29, 1.82) is 0 Å². The Hall–Kier alpha value is -6.75. The molecule has 10 atom stereocenters. The molecule has 2 heterocycles. The van der Waals surface area contributed by atoms with Gasteiger partial charge in [0, 0.05) is 59.2 Å². The Bertz CT molecular complexity index is 2480. The van der Waals surface area contributed by atoms with Crippen molar-refractivity contribution in [3.05, 3.63) is 77.9 Å². The normalized spacial score (nSPS) is 17.5. The minimum absolute atomic E-state index is 0.0439. The lowest BCUT2D eigenvalue weighted by atomic mass is 9.90. The number of imide groups is 1. The summed E-state index contributed by atoms with van der Waals surface area (Å²) in [7, 11) is 6.07. The fourth-order valence-electron chi connectivity index (χ4n) is 10.8. The van der Waals surface area contributed by atoms with Crippen LogP contribution in [0, 0.1) is 23.7 Å². The molecule has 10 unspecified atom stereocenters. The van der Waals surface area contributed by atoms with Crippen molar-refractivity contribution in [2.75, 3.05) is 66.4 Å². The van der Waals surface area contributed by atoms with Gasteiger partial charge in [-0.25, -0.2) is 4.79 Å². The van der Waals surface area contributed by atoms with E-state index in [9.17, 15) is 48.3 Å². The summed E-state index contributed by atoms with van der Waals surface area (Å²) in [5, 5.41) is 25.3. The predicted molar refractivity (Wildman–Crippen MR) is 314 cm³/mol. The van der Waals surface area contributed by atoms with E-state index < -0.39 is 84.8 Å². The van der Waals surface area contributed by atoms with Crippen LogP contribution in [0.2, 0.25) is 0 Å². The van der Waals surface area contributed by atoms with E-state index >= 15 is 0 Å². The van der Waals surface area contributed by atoms with Gasteiger partial charge in [0.05, 0.1) is 67.9 Å². The summed E-state index contributed by atoms with van der Waals surface area (Å²) in [6, 6.07) is 12.6. The standard InChI is InChI=1S/C61H93N9O13/c1-13-40(6)55(47(81-11)34-51(74)69-33-21-24-46(69)57(82-12)41(7)58(77)65-42(8)56(76)44-22-17-16-18-23-44)67(9)52(75)36-64-60(79)54(39(4)5)68(10)61(80)83-37-43-25-27-45(28-26-43)66-48(71)35-63-59(78)53(38(2)3)62-31-19-14-15-20-32-70-49(72)29-30-50(70)73/h16-18,22-23,25-30,38-42,46-47,53-57,62,76H,13-15,19-21,24,31-37H2,1-12H3,(H,63,78)(H,64,79)(H,65,77)(H,66,71). The molecule has 0 bridgehead atoms. The second kappa shape index (κ2) is 34.1. The number of likely N-dealkylation sites (tertiary alicyclic amines) is 1. The Morgan fingerprint density at radius 2 is 1.40 bits per heavy atom. The maximum atomic E-state index is 14.3. The topological polar surface area (TPSA) is 275 Å². The number of benzene rings is 2. The first kappa shape index (κ1) is 68.7. The molecule has 2 aromatic carbocycles. The SMILES string of the molecule is CCC(C)C(C(CC(=O)N1CCCC1C(OC)C(C)C(=O)NC(C)C(O)c1ccccc1)OC)N(C)C(=O)CNC(=O)C(C(C)C)N(C)C(=O)OCc1ccc(NC(=O)CNC(=O)C(NCCCCCCN2C(=O)C=CC2=O)C(C)C)cc1. The molecule has 0 spiro atoms. The summed E-state index contributed by atoms with van der Waals surface area (Å²) < 4.78 is 17.5. The van der Waals surface area contributed by atoms with Crippen LogP contribution in [0.4, 0.5) is 10.5 Å². The number of carbonyl (C=O) groups is 9. The quantitative estimate of drug-likeness (QED) is 0.0410. The lowest BCUT2D eigenvalue weighted by Crippen LogP contribution is -2.56. The van der Waals surface area contributed by atoms with Crippen molar-refractivity contribution in [1.82, 2.24) is 40.9 Å². The maximum Gasteiger partial charge on any atom is 0.410 e. The molecule has 0 saturated carbocycles. The molecule has 6 N–H and O–H groups in total. The molecule has 1 saturated heterocycles. The van der Waals surface area contributed by atoms with E-state index in [1.54, 1.807) is 76.0 Å². The number of aliphatic hydroxyl groups is 1. The van der Waals surface area contributed by atoms with Crippen LogP contribution >= 0.6 is 0 Å². The summed E-state index contributed by atoms with van der Waals surface area (Å²) in [5.74, 6) is -4.07. The fourth-order valence-corrected chi connectivity index (χ4v) is 10.8. The molecule has 4 rings (SSSR count). The predicted octanol–water partition coefficient (Wildman–Crippen LogP) is 4.71. The molecule has 2 aliphatic heterocycles. The maximum absolute atomic E-state index is 14.3. The highest BCUT2D eigenvalue weighted by Crippen LogP contribution is 2.30. The third kappa shape index (κ3) is 20.2. The van der Waals surface area contributed by atoms with E-state index in [-0.39, 0.29) is 66.9 Å². The highest BCUT2D eigenvalue weighted by Gasteiger charge is 2.43. The third-order valence-corrected chi connectivity index (χ3v) is 15.9. The van der Waals surface area contributed by atoms with Gasteiger partial charge in [-0.15, -0.1) is 0 Å². The number of unbranched alkanes of at least 4 members (excludes halogenated alkanes) is 3. The van der Waals surface area contributed by atoms with Crippen molar-refractivity contribution >= 4 is 59.0 Å². The van der Waals surface area contributed by atoms with Crippen LogP contribution in [0.3, 0.4) is 0 Å². The number of nitrogens with one attached hydrogen (secondary N) is 5. The van der Waals surface area contributed by atoms with Gasteiger partial charge in [0.25, 0.3) is 11.8 Å². The Kier molecular flexibility index (Phi) is 28.3. The van der Waals surface area contributed by atoms with Gasteiger partial charge in [0.2, 0.25) is 35.4 Å². The molecule has 2 aliphatic rings. The number of likely N-dealkylation sites (N-methyl/N-ethyl adjacent to an activating group) is 2. The number of rotatable bonds is 34. The van der Waals surface area contributed by atoms with Crippen molar-refractivity contribution in [2.45, 2.75) is 162 Å². The molecule has 0 radical (unpaired) electrons. The van der Waals surface area contributed by atoms with Gasteiger partial charge < -0.3 is 55.7 Å². The summed E-state index contributed by atoms with van der Waals surface area (Å²) >= 11 is 0. The minimum Gasteiger partial charge on any atom is -0.445 e. The summed E-state index contributed by atoms with van der Waals surface area (Å²) in [6.45, 7) is 15.4. The van der Waals surface area contributed by atoms with Gasteiger partial charge in [0.1, 0.15) is 12.6 Å². The first-order chi connectivity index (χ1) is 39.4. The molecular formula is C61H93N9O13. The number of amides is 9. The first-order valence-electron chi connectivity index (χ1n) is 29.2. The summed E-state index contributed by atoms with van der Waals surface area (Å²) in [4.78, 5) is 124. The Morgan fingerprint density at radius 1 is 0.759 bits per heavy atom. The Balaban J connectivity index is 1.24. The number of nitrogens with zero attached hydrogens (tertiary/aromatic N) is 4. The van der Waals surface area contributed by atoms with E-state index in [2.05, 4.69) is 26.6 Å². The van der Waals surface area contributed by atoms with Gasteiger partial charge >= 0.3 is 6.09 Å². The van der Waals surface area contributed by atoms with Gasteiger partial charge in [0.15, 0.2) is 0 Å². The van der Waals surface area contributed by atoms with Gasteiger partial charge in [-0.2, -0.15) is 0 Å². The van der Waals surface area contributed by atoms with E-state index in [0.717, 1.165) is 19.3 Å². The molecule has 22 nitrogen and oxygen atoms in total. The van der Waals surface area contributed by atoms with Gasteiger partial charge in [-0.05, 0) is 80.2 Å². The van der Waals surface area contributed by atoms with Gasteiger partial charge in [-0.3, -0.25) is 48.2 Å². The van der Waals surface area contributed by atoms with Crippen molar-refractivity contribution in [2.24, 2.45) is 23.7 Å². The summed E-state index contributed by atoms with van der Waals surface area (Å²) in [5.41, 5.74) is 1.73. The molecule has 83 heavy (non-hydrogen) atoms. The number of hydrogen-bond donors (Lipinski definition) is 6. The van der Waals surface area contributed by atoms with Crippen LogP contribution in [0.1, 0.15) is 124 Å². The number of hydrogen-bond acceptors (Lipinski definition) is 14. The molecule has 9 amide bonds. The van der Waals surface area contributed by atoms with E-state index in [4.69, 9.17) is 14.2 Å². The van der Waals surface area contributed by atoms with Crippen molar-refractivity contribution in [3.63, 3.8) is 0 Å². The highest BCUT2D eigenvalue weighted by atomic mass is 16.6. The second-order valence-corrected chi connectivity index (χ2v) is 22.6. The number of aliphatic hydroxyl groups excluding tert-OH is 1. The smallest absolute Gasteiger partial charge is 0.410 e. The Morgan fingerprint density at radius 3 is 2.00 bits per heavy atom. The second-order valence-electron chi connectivity index (χ2n) is 22.6. The molecule has 22 heteroatoms. The highest BCUT2D eigenvalue weighted by molar-refractivity contribution is 6.12. The zero-order valence-electron chi connectivity index (χ0n) is 50.8. The van der Waals surface area contributed by atoms with Crippen LogP contribution in [0.5, 0.6) is 0 Å². The van der Waals surface area contributed by atoms with Crippen LogP contribution in [0.15, 0.2) is 66.7 Å². The largest absolute Gasteiger partial charge is 0.445 e. The number of methoxy groups -OCH3 is 2. The van der Waals surface area contributed by atoms with Crippen LogP contribution < -0.4 is 26.6 Å². The first-order valence-corrected chi connectivity index (χ1v) is 29.2. The average molecular weight is 1160 g/mol. The average Bonchev–Trinajstić information content (AvgIpc) is 4.32. The fraction of sp³-hybridized carbons (Fsp3) is 0.623. The third-order valence-electron chi connectivity index (χ3n) is 15.9. The van der Waals surface area contributed by atoms with Gasteiger partial charge in [-0.1, -0.05) is 110 Å². The number of anilines is 1. The zero-order chi connectivity index (χ0) is 61.5. The van der Waals surface area contributed by atoms with E-state index in [1.807, 2.05) is 45.9 Å². The minimum atomic E-state index is -1.01. The van der Waals surface area contributed by atoms with Crippen molar-refractivity contribution < 1.29 is 62.5 Å². The van der Waals surface area contributed by atoms with Crippen LogP contribution in [-0.4, -0.2) is 182 Å². The van der Waals surface area contributed by atoms with E-state index in [0.29, 0.717) is 62.1 Å². The van der Waals surface area contributed by atoms with Crippen LogP contribution in [-0.2, 0) is 59.2 Å². The van der Waals surface area contributed by atoms with Crippen molar-refractivity contribution in [3.8, 4) is 0 Å². The molecule has 460 valence electrons. The molecule has 2 aromatic rings. The Labute approximate surface area is 490 Å². The number of ether oxygens (including phenoxy) is 3. The summed E-state index contributed by atoms with van der Waals surface area (Å²) in [6.07, 6.45) is 4.55. The number of carbonyl (C=O) groups excluding carboxylic acids is 9.